The molecule has 1 aromatic heterocycles. The smallest absolute Gasteiger partial charge is 0.469 e. The number of nitrogens with one attached hydrogen (secondary N) is 2. The molecule has 8 heteroatoms. The lowest BCUT2D eigenvalue weighted by Crippen LogP contribution is -2.38. The van der Waals surface area contributed by atoms with E-state index in [2.05, 4.69) is 15.4 Å². The van der Waals surface area contributed by atoms with Gasteiger partial charge in [0, 0.05) is 24.1 Å². The minimum absolute atomic E-state index is 0.0803. The number of hydrogen-bond donors (Lipinski definition) is 2. The van der Waals surface area contributed by atoms with Crippen LogP contribution >= 0.6 is 0 Å². The predicted octanol–water partition coefficient (Wildman–Crippen LogP) is 4.06. The fourth-order valence-corrected chi connectivity index (χ4v) is 2.90. The van der Waals surface area contributed by atoms with E-state index in [1.165, 1.54) is 18.2 Å². The zero-order valence-electron chi connectivity index (χ0n) is 13.2. The van der Waals surface area contributed by atoms with Gasteiger partial charge in [-0.3, -0.25) is 0 Å². The third-order valence-corrected chi connectivity index (χ3v) is 3.99. The maximum Gasteiger partial charge on any atom is 0.573 e. The largest absolute Gasteiger partial charge is 0.573 e. The standard InChI is InChI=1S/C17H17F3N2O3/c18-17(19,20)25-14-6-2-1-4-11(14)10-21-16(23)22-13-5-3-7-15-12(13)8-9-24-15/h1-2,4,6,8-9,13H,3,5,7,10H2,(H2,21,22,23). The summed E-state index contributed by atoms with van der Waals surface area (Å²) in [5, 5.41) is 5.39. The number of carbonyl (C=O) groups excluding carboxylic acids is 1. The second-order valence-electron chi connectivity index (χ2n) is 5.73. The normalized spacial score (nSPS) is 16.8. The SMILES string of the molecule is O=C(NCc1ccccc1OC(F)(F)F)NC1CCCc2occc21. The van der Waals surface area contributed by atoms with Crippen LogP contribution in [0.2, 0.25) is 0 Å². The number of alkyl halides is 3. The number of para-hydroxylation sites is 1. The Morgan fingerprint density at radius 2 is 2.08 bits per heavy atom. The molecule has 2 amide bonds. The summed E-state index contributed by atoms with van der Waals surface area (Å²) in [6.45, 7) is -0.0803. The van der Waals surface area contributed by atoms with Crippen molar-refractivity contribution in [3.8, 4) is 5.75 Å². The molecule has 0 saturated heterocycles. The first-order valence-corrected chi connectivity index (χ1v) is 7.86. The molecular weight excluding hydrogens is 337 g/mol. The van der Waals surface area contributed by atoms with E-state index in [0.717, 1.165) is 30.6 Å². The van der Waals surface area contributed by atoms with Crippen molar-refractivity contribution in [1.82, 2.24) is 10.6 Å². The summed E-state index contributed by atoms with van der Waals surface area (Å²) < 4.78 is 46.6. The molecule has 1 aromatic carbocycles. The third kappa shape index (κ3) is 4.46. The van der Waals surface area contributed by atoms with E-state index < -0.39 is 12.4 Å². The van der Waals surface area contributed by atoms with Gasteiger partial charge in [0.05, 0.1) is 12.3 Å². The Morgan fingerprint density at radius 1 is 1.28 bits per heavy atom. The summed E-state index contributed by atoms with van der Waals surface area (Å²) in [7, 11) is 0. The first-order valence-electron chi connectivity index (χ1n) is 7.86. The van der Waals surface area contributed by atoms with E-state index in [9.17, 15) is 18.0 Å². The van der Waals surface area contributed by atoms with Crippen LogP contribution in [-0.4, -0.2) is 12.4 Å². The van der Waals surface area contributed by atoms with Crippen molar-refractivity contribution in [2.75, 3.05) is 0 Å². The highest BCUT2D eigenvalue weighted by Crippen LogP contribution is 2.30. The zero-order chi connectivity index (χ0) is 17.9. The number of halogens is 3. The Labute approximate surface area is 142 Å². The van der Waals surface area contributed by atoms with Crippen molar-refractivity contribution in [2.24, 2.45) is 0 Å². The first kappa shape index (κ1) is 17.2. The molecule has 0 fully saturated rings. The average molecular weight is 354 g/mol. The number of rotatable bonds is 4. The lowest BCUT2D eigenvalue weighted by atomic mass is 9.93. The minimum atomic E-state index is -4.78. The van der Waals surface area contributed by atoms with Gasteiger partial charge in [0.1, 0.15) is 11.5 Å². The van der Waals surface area contributed by atoms with Crippen molar-refractivity contribution in [1.29, 1.82) is 0 Å². The van der Waals surface area contributed by atoms with E-state index in [1.54, 1.807) is 12.3 Å². The van der Waals surface area contributed by atoms with Crippen LogP contribution in [0.4, 0.5) is 18.0 Å². The van der Waals surface area contributed by atoms with Gasteiger partial charge in [0.2, 0.25) is 0 Å². The molecule has 5 nitrogen and oxygen atoms in total. The van der Waals surface area contributed by atoms with Crippen molar-refractivity contribution in [2.45, 2.75) is 38.2 Å². The van der Waals surface area contributed by atoms with Crippen LogP contribution in [-0.2, 0) is 13.0 Å². The summed E-state index contributed by atoms with van der Waals surface area (Å²) in [4.78, 5) is 12.1. The van der Waals surface area contributed by atoms with E-state index in [0.29, 0.717) is 0 Å². The van der Waals surface area contributed by atoms with E-state index >= 15 is 0 Å². The van der Waals surface area contributed by atoms with Crippen LogP contribution < -0.4 is 15.4 Å². The van der Waals surface area contributed by atoms with Gasteiger partial charge in [-0.25, -0.2) is 4.79 Å². The number of hydrogen-bond acceptors (Lipinski definition) is 3. The molecule has 1 unspecified atom stereocenters. The molecule has 2 aromatic rings. The van der Waals surface area contributed by atoms with Gasteiger partial charge >= 0.3 is 12.4 Å². The van der Waals surface area contributed by atoms with Gasteiger partial charge in [0.15, 0.2) is 0 Å². The van der Waals surface area contributed by atoms with E-state index in [-0.39, 0.29) is 23.9 Å². The highest BCUT2D eigenvalue weighted by Gasteiger charge is 2.32. The van der Waals surface area contributed by atoms with E-state index in [4.69, 9.17) is 4.42 Å². The number of benzene rings is 1. The molecule has 1 aliphatic rings. The van der Waals surface area contributed by atoms with Crippen molar-refractivity contribution >= 4 is 6.03 Å². The highest BCUT2D eigenvalue weighted by atomic mass is 19.4. The minimum Gasteiger partial charge on any atom is -0.469 e. The van der Waals surface area contributed by atoms with Crippen LogP contribution in [0.25, 0.3) is 0 Å². The summed E-state index contributed by atoms with van der Waals surface area (Å²) >= 11 is 0. The summed E-state index contributed by atoms with van der Waals surface area (Å²) in [5.41, 5.74) is 1.19. The number of ether oxygens (including phenoxy) is 1. The Morgan fingerprint density at radius 3 is 2.88 bits per heavy atom. The van der Waals surface area contributed by atoms with Crippen molar-refractivity contribution in [3.63, 3.8) is 0 Å². The molecule has 1 heterocycles. The third-order valence-electron chi connectivity index (χ3n) is 3.99. The second-order valence-corrected chi connectivity index (χ2v) is 5.73. The van der Waals surface area contributed by atoms with Crippen LogP contribution in [0.3, 0.4) is 0 Å². The molecule has 1 atom stereocenters. The van der Waals surface area contributed by atoms with E-state index in [1.807, 2.05) is 6.07 Å². The lowest BCUT2D eigenvalue weighted by Gasteiger charge is -2.23. The van der Waals surface area contributed by atoms with Crippen LogP contribution in [0.1, 0.15) is 35.8 Å². The predicted molar refractivity (Wildman–Crippen MR) is 82.9 cm³/mol. The fraction of sp³-hybridized carbons (Fsp3) is 0.353. The topological polar surface area (TPSA) is 63.5 Å². The molecule has 2 N–H and O–H groups in total. The molecule has 1 aliphatic carbocycles. The number of urea groups is 1. The maximum absolute atomic E-state index is 12.4. The summed E-state index contributed by atoms with van der Waals surface area (Å²) in [6, 6.07) is 6.90. The molecule has 0 spiro atoms. The Balaban J connectivity index is 1.59. The second kappa shape index (κ2) is 7.08. The number of amides is 2. The fourth-order valence-electron chi connectivity index (χ4n) is 2.90. The first-order chi connectivity index (χ1) is 11.9. The molecule has 0 radical (unpaired) electrons. The van der Waals surface area contributed by atoms with Gasteiger partial charge < -0.3 is 19.8 Å². The van der Waals surface area contributed by atoms with Crippen LogP contribution in [0, 0.1) is 0 Å². The Kier molecular flexibility index (Phi) is 4.87. The maximum atomic E-state index is 12.4. The van der Waals surface area contributed by atoms with Crippen molar-refractivity contribution in [3.05, 3.63) is 53.5 Å². The van der Waals surface area contributed by atoms with Gasteiger partial charge in [0.25, 0.3) is 0 Å². The average Bonchev–Trinajstić information content (AvgIpc) is 3.02. The quantitative estimate of drug-likeness (QED) is 0.870. The van der Waals surface area contributed by atoms with Gasteiger partial charge in [-0.15, -0.1) is 13.2 Å². The van der Waals surface area contributed by atoms with Crippen LogP contribution in [0.5, 0.6) is 5.75 Å². The molecular formula is C17H17F3N2O3. The number of furan rings is 1. The van der Waals surface area contributed by atoms with Gasteiger partial charge in [-0.05, 0) is 25.0 Å². The Bertz CT molecular complexity index is 743. The zero-order valence-corrected chi connectivity index (χ0v) is 13.2. The lowest BCUT2D eigenvalue weighted by molar-refractivity contribution is -0.274. The van der Waals surface area contributed by atoms with Crippen LogP contribution in [0.15, 0.2) is 41.0 Å². The molecule has 0 aliphatic heterocycles. The summed E-state index contributed by atoms with van der Waals surface area (Å²) in [5.74, 6) is 0.533. The summed E-state index contributed by atoms with van der Waals surface area (Å²) in [6.07, 6.45) is -0.669. The number of fused-ring (bicyclic) bond motifs is 1. The molecule has 0 bridgehead atoms. The number of carbonyl (C=O) groups is 1. The van der Waals surface area contributed by atoms with Crippen molar-refractivity contribution < 1.29 is 27.1 Å². The molecule has 134 valence electrons. The number of aryl methyl sites for hydroxylation is 1. The van der Waals surface area contributed by atoms with Gasteiger partial charge in [-0.1, -0.05) is 18.2 Å². The molecule has 25 heavy (non-hydrogen) atoms. The Hall–Kier alpha value is -2.64. The van der Waals surface area contributed by atoms with Gasteiger partial charge in [-0.2, -0.15) is 0 Å². The molecule has 3 rings (SSSR count). The monoisotopic (exact) mass is 354 g/mol. The highest BCUT2D eigenvalue weighted by molar-refractivity contribution is 5.74. The molecule has 0 saturated carbocycles.